The van der Waals surface area contributed by atoms with Crippen LogP contribution in [0.25, 0.3) is 16.9 Å². The Kier molecular flexibility index (Phi) is 5.25. The Labute approximate surface area is 183 Å². The number of rotatable bonds is 4. The molecule has 3 aromatic rings. The van der Waals surface area contributed by atoms with E-state index in [-0.39, 0.29) is 29.4 Å². The van der Waals surface area contributed by atoms with E-state index in [4.69, 9.17) is 0 Å². The van der Waals surface area contributed by atoms with Crippen LogP contribution in [0, 0.1) is 6.92 Å². The van der Waals surface area contributed by atoms with Crippen LogP contribution in [0.3, 0.4) is 0 Å². The second kappa shape index (κ2) is 7.97. The molecule has 1 atom stereocenters. The second-order valence-corrected chi connectivity index (χ2v) is 8.68. The standard InChI is InChI=1S/C23H24F3N5O/c1-15-4-6-16(7-5-15)18-11-21(23(24,25)26)31-22(27-18)12-19(28-31)20(32)14-29-9-10-30-8-2-3-17(30)13-29/h4-7,11-12,17H,2-3,8-10,13-14H2,1H3. The van der Waals surface area contributed by atoms with Gasteiger partial charge in [-0.1, -0.05) is 29.8 Å². The zero-order valence-corrected chi connectivity index (χ0v) is 17.8. The molecule has 32 heavy (non-hydrogen) atoms. The smallest absolute Gasteiger partial charge is 0.298 e. The van der Waals surface area contributed by atoms with Crippen LogP contribution >= 0.6 is 0 Å². The topological polar surface area (TPSA) is 53.7 Å². The molecule has 2 aliphatic rings. The van der Waals surface area contributed by atoms with Gasteiger partial charge in [-0.05, 0) is 32.4 Å². The molecule has 1 unspecified atom stereocenters. The van der Waals surface area contributed by atoms with Crippen molar-refractivity contribution in [3.8, 4) is 11.3 Å². The van der Waals surface area contributed by atoms with Crippen molar-refractivity contribution in [2.24, 2.45) is 0 Å². The van der Waals surface area contributed by atoms with E-state index >= 15 is 0 Å². The molecule has 2 fully saturated rings. The van der Waals surface area contributed by atoms with Gasteiger partial charge in [-0.3, -0.25) is 14.6 Å². The minimum atomic E-state index is -4.63. The third-order valence-electron chi connectivity index (χ3n) is 6.39. The lowest BCUT2D eigenvalue weighted by atomic mass is 10.1. The molecule has 2 aliphatic heterocycles. The fraction of sp³-hybridized carbons (Fsp3) is 0.435. The van der Waals surface area contributed by atoms with E-state index in [1.54, 1.807) is 12.1 Å². The van der Waals surface area contributed by atoms with Crippen molar-refractivity contribution in [2.45, 2.75) is 32.0 Å². The molecule has 0 spiro atoms. The van der Waals surface area contributed by atoms with Crippen molar-refractivity contribution in [2.75, 3.05) is 32.7 Å². The van der Waals surface area contributed by atoms with Crippen molar-refractivity contribution in [1.29, 1.82) is 0 Å². The number of Topliss-reactive ketones (excluding diaryl/α,β-unsaturated/α-hetero) is 1. The fourth-order valence-corrected chi connectivity index (χ4v) is 4.67. The normalized spacial score (nSPS) is 20.1. The van der Waals surface area contributed by atoms with E-state index in [2.05, 4.69) is 19.9 Å². The van der Waals surface area contributed by atoms with Gasteiger partial charge in [-0.15, -0.1) is 0 Å². The average Bonchev–Trinajstić information content (AvgIpc) is 3.39. The van der Waals surface area contributed by atoms with Crippen molar-refractivity contribution < 1.29 is 18.0 Å². The monoisotopic (exact) mass is 443 g/mol. The van der Waals surface area contributed by atoms with E-state index in [1.165, 1.54) is 12.5 Å². The first-order valence-electron chi connectivity index (χ1n) is 10.8. The molecule has 9 heteroatoms. The molecule has 0 amide bonds. The molecule has 4 heterocycles. The van der Waals surface area contributed by atoms with Gasteiger partial charge in [0.25, 0.3) is 0 Å². The van der Waals surface area contributed by atoms with E-state index in [0.717, 1.165) is 48.7 Å². The number of hydrogen-bond acceptors (Lipinski definition) is 5. The summed E-state index contributed by atoms with van der Waals surface area (Å²) in [4.78, 5) is 21.8. The number of benzene rings is 1. The summed E-state index contributed by atoms with van der Waals surface area (Å²) < 4.78 is 42.1. The number of hydrogen-bond donors (Lipinski definition) is 0. The Morgan fingerprint density at radius 2 is 1.91 bits per heavy atom. The van der Waals surface area contributed by atoms with Gasteiger partial charge in [0, 0.05) is 37.3 Å². The summed E-state index contributed by atoms with van der Waals surface area (Å²) in [5, 5.41) is 4.01. The highest BCUT2D eigenvalue weighted by molar-refractivity contribution is 5.96. The van der Waals surface area contributed by atoms with Gasteiger partial charge in [0.05, 0.1) is 12.2 Å². The Morgan fingerprint density at radius 3 is 2.66 bits per heavy atom. The Morgan fingerprint density at radius 1 is 1.12 bits per heavy atom. The first kappa shape index (κ1) is 21.1. The minimum Gasteiger partial charge on any atom is -0.298 e. The van der Waals surface area contributed by atoms with E-state index in [1.807, 2.05) is 19.1 Å². The molecule has 6 nitrogen and oxygen atoms in total. The number of halogens is 3. The van der Waals surface area contributed by atoms with Gasteiger partial charge in [0.1, 0.15) is 5.69 Å². The lowest BCUT2D eigenvalue weighted by Gasteiger charge is -2.36. The van der Waals surface area contributed by atoms with E-state index in [0.29, 0.717) is 11.6 Å². The first-order chi connectivity index (χ1) is 15.3. The number of piperazine rings is 1. The third kappa shape index (κ3) is 4.02. The molecule has 168 valence electrons. The molecular formula is C23H24F3N5O. The minimum absolute atomic E-state index is 0.0120. The highest BCUT2D eigenvalue weighted by Gasteiger charge is 2.36. The predicted octanol–water partition coefficient (Wildman–Crippen LogP) is 3.69. The van der Waals surface area contributed by atoms with E-state index < -0.39 is 11.9 Å². The lowest BCUT2D eigenvalue weighted by Crippen LogP contribution is -2.51. The van der Waals surface area contributed by atoms with Crippen LogP contribution in [0.2, 0.25) is 0 Å². The second-order valence-electron chi connectivity index (χ2n) is 8.68. The molecule has 0 saturated carbocycles. The number of ketones is 1. The molecule has 0 radical (unpaired) electrons. The van der Waals surface area contributed by atoms with Gasteiger partial charge in [0.2, 0.25) is 0 Å². The number of alkyl halides is 3. The van der Waals surface area contributed by atoms with Gasteiger partial charge in [0.15, 0.2) is 17.1 Å². The lowest BCUT2D eigenvalue weighted by molar-refractivity contribution is -0.142. The fourth-order valence-electron chi connectivity index (χ4n) is 4.67. The van der Waals surface area contributed by atoms with E-state index in [9.17, 15) is 18.0 Å². The van der Waals surface area contributed by atoms with Crippen molar-refractivity contribution in [3.63, 3.8) is 0 Å². The maximum atomic E-state index is 13.8. The number of fused-ring (bicyclic) bond motifs is 2. The van der Waals surface area contributed by atoms with Gasteiger partial charge in [-0.25, -0.2) is 9.50 Å². The van der Waals surface area contributed by atoms with Crippen LogP contribution < -0.4 is 0 Å². The number of aromatic nitrogens is 3. The molecule has 2 saturated heterocycles. The highest BCUT2D eigenvalue weighted by atomic mass is 19.4. The number of aryl methyl sites for hydroxylation is 1. The van der Waals surface area contributed by atoms with Crippen LogP contribution in [0.4, 0.5) is 13.2 Å². The summed E-state index contributed by atoms with van der Waals surface area (Å²) in [6, 6.07) is 9.93. The molecule has 0 N–H and O–H groups in total. The van der Waals surface area contributed by atoms with Crippen LogP contribution in [-0.2, 0) is 6.18 Å². The number of carbonyl (C=O) groups excluding carboxylic acids is 1. The van der Waals surface area contributed by atoms with Gasteiger partial charge >= 0.3 is 6.18 Å². The van der Waals surface area contributed by atoms with Crippen LogP contribution in [0.15, 0.2) is 36.4 Å². The first-order valence-corrected chi connectivity index (χ1v) is 10.8. The molecule has 0 bridgehead atoms. The summed E-state index contributed by atoms with van der Waals surface area (Å²) in [5.74, 6) is -0.285. The zero-order chi connectivity index (χ0) is 22.5. The number of carbonyl (C=O) groups is 1. The van der Waals surface area contributed by atoms with Crippen molar-refractivity contribution >= 4 is 11.4 Å². The summed E-state index contributed by atoms with van der Waals surface area (Å²) in [7, 11) is 0. The Hall–Kier alpha value is -2.78. The summed E-state index contributed by atoms with van der Waals surface area (Å²) in [6.07, 6.45) is -2.33. The maximum absolute atomic E-state index is 13.8. The molecule has 1 aromatic carbocycles. The largest absolute Gasteiger partial charge is 0.433 e. The highest BCUT2D eigenvalue weighted by Crippen LogP contribution is 2.32. The van der Waals surface area contributed by atoms with Gasteiger partial charge in [-0.2, -0.15) is 18.3 Å². The number of nitrogens with zero attached hydrogens (tertiary/aromatic N) is 5. The average molecular weight is 443 g/mol. The summed E-state index contributed by atoms with van der Waals surface area (Å²) >= 11 is 0. The predicted molar refractivity (Wildman–Crippen MR) is 114 cm³/mol. The summed E-state index contributed by atoms with van der Waals surface area (Å²) in [6.45, 7) is 5.67. The summed E-state index contributed by atoms with van der Waals surface area (Å²) in [5.41, 5.74) is 0.851. The Bertz CT molecular complexity index is 1150. The van der Waals surface area contributed by atoms with Gasteiger partial charge < -0.3 is 0 Å². The van der Waals surface area contributed by atoms with Crippen LogP contribution in [0.1, 0.15) is 34.6 Å². The Balaban J connectivity index is 1.45. The van der Waals surface area contributed by atoms with Crippen LogP contribution in [-0.4, -0.2) is 68.9 Å². The van der Waals surface area contributed by atoms with Crippen molar-refractivity contribution in [1.82, 2.24) is 24.4 Å². The molecule has 0 aliphatic carbocycles. The molecule has 5 rings (SSSR count). The molecular weight excluding hydrogens is 419 g/mol. The maximum Gasteiger partial charge on any atom is 0.433 e. The van der Waals surface area contributed by atoms with Crippen LogP contribution in [0.5, 0.6) is 0 Å². The molecule has 2 aromatic heterocycles. The SMILES string of the molecule is Cc1ccc(-c2cc(C(F)(F)F)n3nc(C(=O)CN4CCN5CCCC5C4)cc3n2)cc1. The zero-order valence-electron chi connectivity index (χ0n) is 17.8. The third-order valence-corrected chi connectivity index (χ3v) is 6.39. The quantitative estimate of drug-likeness (QED) is 0.576. The van der Waals surface area contributed by atoms with Crippen molar-refractivity contribution in [3.05, 3.63) is 53.3 Å².